The molecular formula is C57H106O6. The minimum absolute atomic E-state index is 0.0717. The van der Waals surface area contributed by atoms with Gasteiger partial charge in [0.25, 0.3) is 0 Å². The summed E-state index contributed by atoms with van der Waals surface area (Å²) in [5, 5.41) is 0. The van der Waals surface area contributed by atoms with Crippen molar-refractivity contribution in [1.82, 2.24) is 0 Å². The van der Waals surface area contributed by atoms with E-state index in [1.54, 1.807) is 0 Å². The van der Waals surface area contributed by atoms with Crippen molar-refractivity contribution in [3.8, 4) is 0 Å². The first kappa shape index (κ1) is 60.9. The zero-order valence-electron chi connectivity index (χ0n) is 42.4. The van der Waals surface area contributed by atoms with E-state index in [0.717, 1.165) is 64.2 Å². The summed E-state index contributed by atoms with van der Waals surface area (Å²) < 4.78 is 16.8. The molecule has 0 spiro atoms. The molecule has 0 aromatic heterocycles. The van der Waals surface area contributed by atoms with Crippen molar-refractivity contribution in [2.45, 2.75) is 309 Å². The summed E-state index contributed by atoms with van der Waals surface area (Å²) in [6, 6.07) is 0. The summed E-state index contributed by atoms with van der Waals surface area (Å²) in [6.07, 6.45) is 60.1. The van der Waals surface area contributed by atoms with E-state index < -0.39 is 6.10 Å². The number of unbranched alkanes of at least 4 members (excludes halogenated alkanes) is 36. The van der Waals surface area contributed by atoms with E-state index >= 15 is 0 Å². The van der Waals surface area contributed by atoms with Crippen LogP contribution in [0.15, 0.2) is 24.3 Å². The van der Waals surface area contributed by atoms with E-state index in [4.69, 9.17) is 14.2 Å². The maximum absolute atomic E-state index is 12.8. The van der Waals surface area contributed by atoms with Crippen LogP contribution in [-0.4, -0.2) is 37.2 Å². The van der Waals surface area contributed by atoms with Crippen LogP contribution in [0.25, 0.3) is 0 Å². The summed E-state index contributed by atoms with van der Waals surface area (Å²) in [5.74, 6) is -0.868. The van der Waals surface area contributed by atoms with Crippen molar-refractivity contribution < 1.29 is 28.6 Å². The molecule has 63 heavy (non-hydrogen) atoms. The molecule has 0 aromatic rings. The zero-order valence-corrected chi connectivity index (χ0v) is 42.4. The predicted molar refractivity (Wildman–Crippen MR) is 270 cm³/mol. The van der Waals surface area contributed by atoms with Gasteiger partial charge in [0.15, 0.2) is 6.10 Å². The maximum atomic E-state index is 12.8. The van der Waals surface area contributed by atoms with E-state index in [9.17, 15) is 14.4 Å². The van der Waals surface area contributed by atoms with Crippen LogP contribution in [0.3, 0.4) is 0 Å². The molecule has 0 rings (SSSR count). The number of carbonyl (C=O) groups is 3. The van der Waals surface area contributed by atoms with Crippen molar-refractivity contribution in [3.05, 3.63) is 24.3 Å². The molecule has 6 heteroatoms. The molecule has 6 nitrogen and oxygen atoms in total. The normalized spacial score (nSPS) is 12.1. The highest BCUT2D eigenvalue weighted by Crippen LogP contribution is 2.16. The van der Waals surface area contributed by atoms with Gasteiger partial charge in [-0.05, 0) is 70.6 Å². The summed E-state index contributed by atoms with van der Waals surface area (Å²) in [6.45, 7) is 6.65. The minimum atomic E-state index is -0.773. The van der Waals surface area contributed by atoms with Crippen molar-refractivity contribution in [1.29, 1.82) is 0 Å². The van der Waals surface area contributed by atoms with Gasteiger partial charge in [-0.25, -0.2) is 0 Å². The molecule has 0 heterocycles. The van der Waals surface area contributed by atoms with Crippen LogP contribution in [0, 0.1) is 0 Å². The van der Waals surface area contributed by atoms with Crippen molar-refractivity contribution >= 4 is 17.9 Å². The molecule has 0 aromatic carbocycles. The lowest BCUT2D eigenvalue weighted by Gasteiger charge is -2.18. The Hall–Kier alpha value is -2.11. The second kappa shape index (κ2) is 52.5. The topological polar surface area (TPSA) is 78.9 Å². The highest BCUT2D eigenvalue weighted by Gasteiger charge is 2.19. The number of esters is 3. The van der Waals surface area contributed by atoms with Crippen molar-refractivity contribution in [2.75, 3.05) is 13.2 Å². The second-order valence-corrected chi connectivity index (χ2v) is 18.8. The summed E-state index contributed by atoms with van der Waals surface area (Å²) in [7, 11) is 0. The molecule has 1 atom stereocenters. The number of hydrogen-bond donors (Lipinski definition) is 0. The van der Waals surface area contributed by atoms with Crippen LogP contribution in [0.5, 0.6) is 0 Å². The minimum Gasteiger partial charge on any atom is -0.462 e. The van der Waals surface area contributed by atoms with E-state index in [1.807, 2.05) is 0 Å². The molecular weight excluding hydrogens is 781 g/mol. The largest absolute Gasteiger partial charge is 0.462 e. The first-order chi connectivity index (χ1) is 31.0. The lowest BCUT2D eigenvalue weighted by atomic mass is 10.0. The second-order valence-electron chi connectivity index (χ2n) is 18.8. The molecule has 370 valence electrons. The standard InChI is InChI=1S/C57H106O6/c1-4-7-10-13-16-19-22-25-28-31-34-37-40-43-46-49-55(58)61-52-54(63-57(60)51-48-45-42-39-36-33-30-27-24-21-18-15-12-9-6-3)53-62-56(59)50-47-44-41-38-35-32-29-26-23-20-17-14-11-8-5-2/h19,22,27,30,54H,4-18,20-21,23-26,28-29,31-53H2,1-3H3/b22-19-,30-27-/t54-/m1/s1. The number of allylic oxidation sites excluding steroid dienone is 4. The van der Waals surface area contributed by atoms with Crippen molar-refractivity contribution in [3.63, 3.8) is 0 Å². The Labute approximate surface area is 392 Å². The average Bonchev–Trinajstić information content (AvgIpc) is 3.28. The Morgan fingerprint density at radius 1 is 0.302 bits per heavy atom. The fraction of sp³-hybridized carbons (Fsp3) is 0.877. The fourth-order valence-electron chi connectivity index (χ4n) is 8.20. The zero-order chi connectivity index (χ0) is 45.8. The maximum Gasteiger partial charge on any atom is 0.306 e. The lowest BCUT2D eigenvalue weighted by Crippen LogP contribution is -2.30. The molecule has 0 saturated carbocycles. The molecule has 0 amide bonds. The third kappa shape index (κ3) is 50.7. The van der Waals surface area contributed by atoms with Gasteiger partial charge >= 0.3 is 17.9 Å². The SMILES string of the molecule is CCCCCC/C=C\CCCCCCCCCC(=O)OC[C@H](COC(=O)CCCCCCCCCCCCCCCCC)OC(=O)CCCCCCC/C=C\CCCCCCCC. The fourth-order valence-corrected chi connectivity index (χ4v) is 8.20. The first-order valence-corrected chi connectivity index (χ1v) is 27.8. The Kier molecular flexibility index (Phi) is 50.8. The van der Waals surface area contributed by atoms with Gasteiger partial charge in [-0.3, -0.25) is 14.4 Å². The Morgan fingerprint density at radius 2 is 0.524 bits per heavy atom. The molecule has 0 radical (unpaired) electrons. The highest BCUT2D eigenvalue weighted by atomic mass is 16.6. The molecule has 0 aliphatic rings. The Bertz CT molecular complexity index is 1020. The van der Waals surface area contributed by atoms with Gasteiger partial charge in [0.05, 0.1) is 0 Å². The van der Waals surface area contributed by atoms with Gasteiger partial charge in [0.2, 0.25) is 0 Å². The molecule has 0 N–H and O–H groups in total. The quantitative estimate of drug-likeness (QED) is 0.0262. The molecule has 0 saturated heterocycles. The summed E-state index contributed by atoms with van der Waals surface area (Å²) in [4.78, 5) is 38.1. The highest BCUT2D eigenvalue weighted by molar-refractivity contribution is 5.71. The third-order valence-corrected chi connectivity index (χ3v) is 12.4. The van der Waals surface area contributed by atoms with E-state index in [0.29, 0.717) is 19.3 Å². The molecule has 0 fully saturated rings. The third-order valence-electron chi connectivity index (χ3n) is 12.4. The van der Waals surface area contributed by atoms with Gasteiger partial charge < -0.3 is 14.2 Å². The van der Waals surface area contributed by atoms with Gasteiger partial charge in [0.1, 0.15) is 13.2 Å². The van der Waals surface area contributed by atoms with Gasteiger partial charge in [-0.15, -0.1) is 0 Å². The van der Waals surface area contributed by atoms with E-state index in [2.05, 4.69) is 45.1 Å². The van der Waals surface area contributed by atoms with Crippen LogP contribution < -0.4 is 0 Å². The van der Waals surface area contributed by atoms with Crippen LogP contribution >= 0.6 is 0 Å². The number of rotatable bonds is 51. The van der Waals surface area contributed by atoms with Crippen LogP contribution in [0.1, 0.15) is 303 Å². The van der Waals surface area contributed by atoms with Gasteiger partial charge in [-0.1, -0.05) is 238 Å². The number of ether oxygens (including phenoxy) is 3. The molecule has 0 aliphatic carbocycles. The monoisotopic (exact) mass is 887 g/mol. The Morgan fingerprint density at radius 3 is 0.810 bits per heavy atom. The first-order valence-electron chi connectivity index (χ1n) is 27.8. The number of hydrogen-bond acceptors (Lipinski definition) is 6. The van der Waals surface area contributed by atoms with Gasteiger partial charge in [0, 0.05) is 19.3 Å². The smallest absolute Gasteiger partial charge is 0.306 e. The number of carbonyl (C=O) groups excluding carboxylic acids is 3. The average molecular weight is 887 g/mol. The Balaban J connectivity index is 4.35. The predicted octanol–water partition coefficient (Wildman–Crippen LogP) is 18.3. The van der Waals surface area contributed by atoms with Crippen molar-refractivity contribution in [2.24, 2.45) is 0 Å². The summed E-state index contributed by atoms with van der Waals surface area (Å²) >= 11 is 0. The lowest BCUT2D eigenvalue weighted by molar-refractivity contribution is -0.167. The molecule has 0 aliphatic heterocycles. The van der Waals surface area contributed by atoms with Crippen LogP contribution in [0.2, 0.25) is 0 Å². The molecule has 0 bridgehead atoms. The van der Waals surface area contributed by atoms with Crippen LogP contribution in [-0.2, 0) is 28.6 Å². The molecule has 0 unspecified atom stereocenters. The van der Waals surface area contributed by atoms with Gasteiger partial charge in [-0.2, -0.15) is 0 Å². The van der Waals surface area contributed by atoms with E-state index in [1.165, 1.54) is 199 Å². The van der Waals surface area contributed by atoms with Crippen LogP contribution in [0.4, 0.5) is 0 Å². The van der Waals surface area contributed by atoms with E-state index in [-0.39, 0.29) is 31.1 Å². The summed E-state index contributed by atoms with van der Waals surface area (Å²) in [5.41, 5.74) is 0.